The van der Waals surface area contributed by atoms with E-state index in [0.717, 1.165) is 0 Å². The van der Waals surface area contributed by atoms with Gasteiger partial charge in [-0.2, -0.15) is 13.2 Å². The maximum absolute atomic E-state index is 13.2. The number of nitrogens with one attached hydrogen (secondary N) is 1. The van der Waals surface area contributed by atoms with Crippen molar-refractivity contribution in [1.29, 1.82) is 0 Å². The average Bonchev–Trinajstić information content (AvgIpc) is 2.92. The Morgan fingerprint density at radius 1 is 1.35 bits per heavy atom. The molecule has 23 heavy (non-hydrogen) atoms. The van der Waals surface area contributed by atoms with Crippen LogP contribution in [-0.2, 0) is 6.42 Å². The summed E-state index contributed by atoms with van der Waals surface area (Å²) >= 11 is 0. The molecule has 0 bridgehead atoms. The van der Waals surface area contributed by atoms with Gasteiger partial charge in [0.2, 0.25) is 5.76 Å². The standard InChI is InChI=1S/C15H16F3N3O2/c1-9(2)7-10-8-12(23-21-10)14(22)20-13(15(16,17)18)11-5-3-4-6-19-11/h3-6,8-9,13H,7H2,1-2H3,(H,20,22). The summed E-state index contributed by atoms with van der Waals surface area (Å²) in [6, 6.07) is 3.25. The molecule has 1 N–H and O–H groups in total. The van der Waals surface area contributed by atoms with Gasteiger partial charge in [-0.1, -0.05) is 25.1 Å². The molecule has 2 rings (SSSR count). The van der Waals surface area contributed by atoms with E-state index in [0.29, 0.717) is 12.1 Å². The number of rotatable bonds is 5. The molecule has 5 nitrogen and oxygen atoms in total. The first kappa shape index (κ1) is 17.0. The van der Waals surface area contributed by atoms with Crippen LogP contribution in [0.25, 0.3) is 0 Å². The Hall–Kier alpha value is -2.38. The minimum atomic E-state index is -4.68. The van der Waals surface area contributed by atoms with Crippen molar-refractivity contribution in [1.82, 2.24) is 15.5 Å². The topological polar surface area (TPSA) is 68.0 Å². The van der Waals surface area contributed by atoms with Gasteiger partial charge < -0.3 is 9.84 Å². The first-order chi connectivity index (χ1) is 10.8. The summed E-state index contributed by atoms with van der Waals surface area (Å²) in [4.78, 5) is 15.7. The van der Waals surface area contributed by atoms with Crippen molar-refractivity contribution in [3.8, 4) is 0 Å². The zero-order valence-corrected chi connectivity index (χ0v) is 12.6. The van der Waals surface area contributed by atoms with E-state index in [2.05, 4.69) is 10.1 Å². The Balaban J connectivity index is 2.16. The number of halogens is 3. The van der Waals surface area contributed by atoms with Crippen molar-refractivity contribution >= 4 is 5.91 Å². The summed E-state index contributed by atoms with van der Waals surface area (Å²) in [6.45, 7) is 3.91. The van der Waals surface area contributed by atoms with Crippen LogP contribution in [0.2, 0.25) is 0 Å². The van der Waals surface area contributed by atoms with Crippen LogP contribution in [0.15, 0.2) is 35.0 Å². The zero-order chi connectivity index (χ0) is 17.0. The molecule has 2 heterocycles. The van der Waals surface area contributed by atoms with E-state index < -0.39 is 18.1 Å². The molecular formula is C15H16F3N3O2. The Morgan fingerprint density at radius 3 is 2.65 bits per heavy atom. The predicted molar refractivity (Wildman–Crippen MR) is 75.5 cm³/mol. The van der Waals surface area contributed by atoms with E-state index in [9.17, 15) is 18.0 Å². The molecule has 2 aromatic rings. The fraction of sp³-hybridized carbons (Fsp3) is 0.400. The summed E-state index contributed by atoms with van der Waals surface area (Å²) < 4.78 is 44.3. The second-order valence-corrected chi connectivity index (χ2v) is 5.48. The lowest BCUT2D eigenvalue weighted by molar-refractivity contribution is -0.156. The monoisotopic (exact) mass is 327 g/mol. The zero-order valence-electron chi connectivity index (χ0n) is 12.6. The van der Waals surface area contributed by atoms with Gasteiger partial charge in [-0.3, -0.25) is 9.78 Å². The molecule has 0 aliphatic heterocycles. The number of nitrogens with zero attached hydrogens (tertiary/aromatic N) is 2. The van der Waals surface area contributed by atoms with Gasteiger partial charge in [0.1, 0.15) is 0 Å². The second kappa shape index (κ2) is 6.80. The number of hydrogen-bond acceptors (Lipinski definition) is 4. The number of carbonyl (C=O) groups excluding carboxylic acids is 1. The molecule has 124 valence electrons. The van der Waals surface area contributed by atoms with E-state index in [-0.39, 0.29) is 17.4 Å². The average molecular weight is 327 g/mol. The summed E-state index contributed by atoms with van der Waals surface area (Å²) in [5, 5.41) is 5.58. The number of carbonyl (C=O) groups is 1. The Morgan fingerprint density at radius 2 is 2.09 bits per heavy atom. The summed E-state index contributed by atoms with van der Waals surface area (Å²) in [6.07, 6.45) is -2.88. The predicted octanol–water partition coefficient (Wildman–Crippen LogP) is 3.30. The van der Waals surface area contributed by atoms with E-state index >= 15 is 0 Å². The van der Waals surface area contributed by atoms with E-state index in [4.69, 9.17) is 4.52 Å². The van der Waals surface area contributed by atoms with Crippen LogP contribution < -0.4 is 5.32 Å². The quantitative estimate of drug-likeness (QED) is 0.915. The Bertz CT molecular complexity index is 653. The van der Waals surface area contributed by atoms with Crippen molar-refractivity contribution in [2.24, 2.45) is 5.92 Å². The van der Waals surface area contributed by atoms with Gasteiger partial charge in [0, 0.05) is 12.3 Å². The molecule has 0 radical (unpaired) electrons. The van der Waals surface area contributed by atoms with Gasteiger partial charge in [0.05, 0.1) is 11.4 Å². The minimum Gasteiger partial charge on any atom is -0.351 e. The highest BCUT2D eigenvalue weighted by Crippen LogP contribution is 2.31. The molecule has 8 heteroatoms. The van der Waals surface area contributed by atoms with Crippen LogP contribution in [0.5, 0.6) is 0 Å². The molecule has 1 atom stereocenters. The normalized spacial score (nSPS) is 13.1. The minimum absolute atomic E-state index is 0.258. The third kappa shape index (κ3) is 4.54. The molecule has 0 spiro atoms. The first-order valence-corrected chi connectivity index (χ1v) is 7.01. The Labute approximate surface area is 130 Å². The molecule has 0 aromatic carbocycles. The van der Waals surface area contributed by atoms with Crippen LogP contribution in [0, 0.1) is 5.92 Å². The lowest BCUT2D eigenvalue weighted by Gasteiger charge is -2.20. The van der Waals surface area contributed by atoms with Crippen molar-refractivity contribution < 1.29 is 22.5 Å². The summed E-state index contributed by atoms with van der Waals surface area (Å²) in [5.74, 6) is -0.959. The summed E-state index contributed by atoms with van der Waals surface area (Å²) in [5.41, 5.74) is 0.224. The van der Waals surface area contributed by atoms with E-state index in [1.807, 2.05) is 19.2 Å². The molecular weight excluding hydrogens is 311 g/mol. The molecule has 0 saturated heterocycles. The molecule has 0 fully saturated rings. The number of hydrogen-bond donors (Lipinski definition) is 1. The highest BCUT2D eigenvalue weighted by Gasteiger charge is 2.43. The smallest absolute Gasteiger partial charge is 0.351 e. The maximum atomic E-state index is 13.2. The molecule has 2 aromatic heterocycles. The van der Waals surface area contributed by atoms with Crippen molar-refractivity contribution in [2.45, 2.75) is 32.5 Å². The lowest BCUT2D eigenvalue weighted by Crippen LogP contribution is -2.38. The molecule has 1 unspecified atom stereocenters. The fourth-order valence-corrected chi connectivity index (χ4v) is 2.01. The molecule has 1 amide bonds. The highest BCUT2D eigenvalue weighted by molar-refractivity contribution is 5.91. The van der Waals surface area contributed by atoms with Crippen LogP contribution in [0.4, 0.5) is 13.2 Å². The van der Waals surface area contributed by atoms with Crippen molar-refractivity contribution in [3.05, 3.63) is 47.6 Å². The van der Waals surface area contributed by atoms with Gasteiger partial charge in [-0.15, -0.1) is 0 Å². The second-order valence-electron chi connectivity index (χ2n) is 5.48. The maximum Gasteiger partial charge on any atom is 0.414 e. The number of aromatic nitrogens is 2. The van der Waals surface area contributed by atoms with Gasteiger partial charge in [0.25, 0.3) is 5.91 Å². The highest BCUT2D eigenvalue weighted by atomic mass is 19.4. The Kier molecular flexibility index (Phi) is 5.02. The van der Waals surface area contributed by atoms with Gasteiger partial charge in [0.15, 0.2) is 6.04 Å². The van der Waals surface area contributed by atoms with Gasteiger partial charge >= 0.3 is 6.18 Å². The third-order valence-corrected chi connectivity index (χ3v) is 2.99. The number of alkyl halides is 3. The molecule has 0 saturated carbocycles. The van der Waals surface area contributed by atoms with Gasteiger partial charge in [-0.05, 0) is 24.5 Å². The van der Waals surface area contributed by atoms with E-state index in [1.54, 1.807) is 0 Å². The van der Waals surface area contributed by atoms with Crippen LogP contribution in [-0.4, -0.2) is 22.2 Å². The molecule has 0 aliphatic rings. The fourth-order valence-electron chi connectivity index (χ4n) is 2.01. The SMILES string of the molecule is CC(C)Cc1cc(C(=O)NC(c2ccccn2)C(F)(F)F)on1. The number of pyridine rings is 1. The van der Waals surface area contributed by atoms with Crippen LogP contribution in [0.1, 0.15) is 41.8 Å². The molecule has 0 aliphatic carbocycles. The van der Waals surface area contributed by atoms with E-state index in [1.165, 1.54) is 30.5 Å². The number of amides is 1. The first-order valence-electron chi connectivity index (χ1n) is 7.01. The van der Waals surface area contributed by atoms with Gasteiger partial charge in [-0.25, -0.2) is 0 Å². The third-order valence-electron chi connectivity index (χ3n) is 2.99. The summed E-state index contributed by atoms with van der Waals surface area (Å²) in [7, 11) is 0. The van der Waals surface area contributed by atoms with Crippen LogP contribution in [0.3, 0.4) is 0 Å². The lowest BCUT2D eigenvalue weighted by atomic mass is 10.1. The van der Waals surface area contributed by atoms with Crippen molar-refractivity contribution in [3.63, 3.8) is 0 Å². The van der Waals surface area contributed by atoms with Crippen LogP contribution >= 0.6 is 0 Å². The van der Waals surface area contributed by atoms with Crippen molar-refractivity contribution in [2.75, 3.05) is 0 Å². The largest absolute Gasteiger partial charge is 0.414 e.